The van der Waals surface area contributed by atoms with Gasteiger partial charge in [0.15, 0.2) is 11.6 Å². The van der Waals surface area contributed by atoms with E-state index < -0.39 is 29.4 Å². The van der Waals surface area contributed by atoms with Crippen molar-refractivity contribution in [3.8, 4) is 5.75 Å². The lowest BCUT2D eigenvalue weighted by molar-refractivity contribution is 0.00141. The van der Waals surface area contributed by atoms with E-state index in [2.05, 4.69) is 0 Å². The highest BCUT2D eigenvalue weighted by atomic mass is 19.1. The summed E-state index contributed by atoms with van der Waals surface area (Å²) in [6, 6.07) is 10.1. The molecule has 0 radical (unpaired) electrons. The van der Waals surface area contributed by atoms with E-state index in [1.54, 1.807) is 4.90 Å². The van der Waals surface area contributed by atoms with E-state index in [4.69, 9.17) is 9.47 Å². The van der Waals surface area contributed by atoms with Gasteiger partial charge in [-0.15, -0.1) is 0 Å². The van der Waals surface area contributed by atoms with Crippen LogP contribution in [0.3, 0.4) is 0 Å². The first kappa shape index (κ1) is 22.1. The summed E-state index contributed by atoms with van der Waals surface area (Å²) in [6.45, 7) is -0.170. The number of carbonyl (C=O) groups is 1. The molecule has 0 bridgehead atoms. The van der Waals surface area contributed by atoms with Gasteiger partial charge in [-0.3, -0.25) is 4.79 Å². The van der Waals surface area contributed by atoms with Gasteiger partial charge in [-0.2, -0.15) is 0 Å². The Morgan fingerprint density at radius 1 is 1.23 bits per heavy atom. The van der Waals surface area contributed by atoms with Crippen molar-refractivity contribution < 1.29 is 28.9 Å². The van der Waals surface area contributed by atoms with E-state index in [9.17, 15) is 19.8 Å². The van der Waals surface area contributed by atoms with Crippen LogP contribution in [0, 0.1) is 5.82 Å². The fourth-order valence-electron chi connectivity index (χ4n) is 5.20. The molecule has 2 atom stereocenters. The van der Waals surface area contributed by atoms with Crippen molar-refractivity contribution in [2.24, 2.45) is 0 Å². The Bertz CT molecular complexity index is 1390. The van der Waals surface area contributed by atoms with Gasteiger partial charge >= 0.3 is 5.97 Å². The van der Waals surface area contributed by atoms with E-state index in [-0.39, 0.29) is 60.6 Å². The van der Waals surface area contributed by atoms with Gasteiger partial charge in [0.1, 0.15) is 30.1 Å². The number of ether oxygens (including phenoxy) is 2. The number of aliphatic hydroxyl groups is 2. The Kier molecular flexibility index (Phi) is 5.08. The third-order valence-electron chi connectivity index (χ3n) is 7.09. The molecule has 1 saturated heterocycles. The van der Waals surface area contributed by atoms with Crippen molar-refractivity contribution in [3.05, 3.63) is 69.8 Å². The fourth-order valence-corrected chi connectivity index (χ4v) is 5.20. The number of pyridine rings is 1. The first-order valence-corrected chi connectivity index (χ1v) is 11.7. The monoisotopic (exact) mass is 480 g/mol. The molecular weight excluding hydrogens is 455 g/mol. The van der Waals surface area contributed by atoms with Crippen LogP contribution < -0.4 is 15.1 Å². The number of nitrogens with zero attached hydrogens (tertiary/aromatic N) is 2. The van der Waals surface area contributed by atoms with Gasteiger partial charge in [-0.05, 0) is 24.5 Å². The smallest absolute Gasteiger partial charge is 0.343 e. The van der Waals surface area contributed by atoms with Crippen LogP contribution in [-0.2, 0) is 11.3 Å². The van der Waals surface area contributed by atoms with Crippen molar-refractivity contribution in [2.45, 2.75) is 43.6 Å². The van der Waals surface area contributed by atoms with Crippen LogP contribution in [0.1, 0.15) is 41.2 Å². The maximum absolute atomic E-state index is 15.5. The normalized spacial score (nSPS) is 23.1. The first-order chi connectivity index (χ1) is 16.9. The second kappa shape index (κ2) is 8.07. The summed E-state index contributed by atoms with van der Waals surface area (Å²) < 4.78 is 28.7. The zero-order valence-corrected chi connectivity index (χ0v) is 18.9. The second-order valence-electron chi connectivity index (χ2n) is 9.68. The molecule has 35 heavy (non-hydrogen) atoms. The van der Waals surface area contributed by atoms with Crippen molar-refractivity contribution in [3.63, 3.8) is 0 Å². The Morgan fingerprint density at radius 2 is 2.00 bits per heavy atom. The zero-order valence-electron chi connectivity index (χ0n) is 18.9. The molecule has 1 saturated carbocycles. The van der Waals surface area contributed by atoms with Gasteiger partial charge in [0, 0.05) is 25.2 Å². The average molecular weight is 480 g/mol. The summed E-state index contributed by atoms with van der Waals surface area (Å²) in [5.41, 5.74) is -0.710. The molecule has 2 aliphatic heterocycles. The lowest BCUT2D eigenvalue weighted by atomic mass is 10.0. The van der Waals surface area contributed by atoms with Gasteiger partial charge in [-0.1, -0.05) is 30.3 Å². The molecule has 9 heteroatoms. The summed E-state index contributed by atoms with van der Waals surface area (Å²) in [4.78, 5) is 28.0. The van der Waals surface area contributed by atoms with Gasteiger partial charge in [0.05, 0.1) is 23.6 Å². The number of hydrogen-bond donors (Lipinski definition) is 2. The zero-order chi connectivity index (χ0) is 24.3. The Hall–Kier alpha value is -3.43. The van der Waals surface area contributed by atoms with Crippen molar-refractivity contribution in [1.82, 2.24) is 4.57 Å². The molecule has 1 aromatic heterocycles. The molecule has 3 heterocycles. The van der Waals surface area contributed by atoms with Crippen LogP contribution in [0.15, 0.2) is 47.4 Å². The molecule has 6 rings (SSSR count). The van der Waals surface area contributed by atoms with Crippen LogP contribution in [-0.4, -0.2) is 52.2 Å². The number of aromatic nitrogens is 1. The Labute approximate surface area is 200 Å². The summed E-state index contributed by atoms with van der Waals surface area (Å²) in [5.74, 6) is -1.21. The second-order valence-corrected chi connectivity index (χ2v) is 9.68. The Balaban J connectivity index is 1.45. The number of carbonyl (C=O) groups excluding carboxylic acids is 1. The van der Waals surface area contributed by atoms with Gasteiger partial charge in [0.2, 0.25) is 5.43 Å². The highest BCUT2D eigenvalue weighted by Crippen LogP contribution is 2.48. The standard InChI is InChI=1S/C26H25FN2O6/c27-20-8-18-21(24-22(20)29-13-26(33,14-30)9-17(29)12-34-24)28(16-6-7-16)10-19(23(18)31)25(32)35-11-15-4-2-1-3-5-15/h1-5,8,10,16-17,30,33H,6-7,9,11-14H2/t17-,26+/m1/s1. The predicted octanol–water partition coefficient (Wildman–Crippen LogP) is 2.53. The van der Waals surface area contributed by atoms with Crippen LogP contribution >= 0.6 is 0 Å². The minimum atomic E-state index is -1.35. The molecule has 182 valence electrons. The number of aliphatic hydroxyl groups excluding tert-OH is 1. The summed E-state index contributed by atoms with van der Waals surface area (Å²) in [5, 5.41) is 20.3. The molecule has 0 spiro atoms. The minimum Gasteiger partial charge on any atom is -0.487 e. The predicted molar refractivity (Wildman–Crippen MR) is 125 cm³/mol. The SMILES string of the molecule is O=C(OCc1ccccc1)c1cn(C2CC2)c2c3c(c(F)cc2c1=O)N1C[C@](O)(CO)C[C@@H]1CO3. The number of fused-ring (bicyclic) bond motifs is 5. The average Bonchev–Trinajstić information content (AvgIpc) is 3.64. The highest BCUT2D eigenvalue weighted by Gasteiger charge is 2.47. The maximum atomic E-state index is 15.5. The van der Waals surface area contributed by atoms with Gasteiger partial charge < -0.3 is 29.2 Å². The third-order valence-corrected chi connectivity index (χ3v) is 7.09. The van der Waals surface area contributed by atoms with Crippen LogP contribution in [0.5, 0.6) is 5.75 Å². The topological polar surface area (TPSA) is 101 Å². The molecule has 2 aromatic carbocycles. The van der Waals surface area contributed by atoms with Crippen molar-refractivity contribution in [1.29, 1.82) is 0 Å². The molecule has 2 N–H and O–H groups in total. The number of hydrogen-bond acceptors (Lipinski definition) is 7. The van der Waals surface area contributed by atoms with Gasteiger partial charge in [0.25, 0.3) is 0 Å². The van der Waals surface area contributed by atoms with E-state index in [1.807, 2.05) is 34.9 Å². The van der Waals surface area contributed by atoms with E-state index in [0.29, 0.717) is 5.52 Å². The van der Waals surface area contributed by atoms with E-state index in [1.165, 1.54) is 6.20 Å². The van der Waals surface area contributed by atoms with Crippen molar-refractivity contribution in [2.75, 3.05) is 24.7 Å². The Morgan fingerprint density at radius 3 is 2.71 bits per heavy atom. The molecule has 1 aliphatic carbocycles. The largest absolute Gasteiger partial charge is 0.487 e. The van der Waals surface area contributed by atoms with Crippen LogP contribution in [0.25, 0.3) is 10.9 Å². The highest BCUT2D eigenvalue weighted by molar-refractivity contribution is 5.98. The first-order valence-electron chi connectivity index (χ1n) is 11.7. The quantitative estimate of drug-likeness (QED) is 0.541. The molecule has 3 aliphatic rings. The molecule has 8 nitrogen and oxygen atoms in total. The lowest BCUT2D eigenvalue weighted by Crippen LogP contribution is -2.40. The lowest BCUT2D eigenvalue weighted by Gasteiger charge is -2.34. The van der Waals surface area contributed by atoms with E-state index >= 15 is 4.39 Å². The minimum absolute atomic E-state index is 0.0202. The number of anilines is 1. The number of rotatable bonds is 5. The van der Waals surface area contributed by atoms with Crippen molar-refractivity contribution >= 4 is 22.6 Å². The number of esters is 1. The number of benzene rings is 2. The van der Waals surface area contributed by atoms with Gasteiger partial charge in [-0.25, -0.2) is 9.18 Å². The number of halogens is 1. The summed E-state index contributed by atoms with van der Waals surface area (Å²) in [7, 11) is 0. The molecule has 3 aromatic rings. The third kappa shape index (κ3) is 3.66. The van der Waals surface area contributed by atoms with Crippen LogP contribution in [0.4, 0.5) is 10.1 Å². The fraction of sp³-hybridized carbons (Fsp3) is 0.385. The maximum Gasteiger partial charge on any atom is 0.343 e. The molecule has 0 amide bonds. The van der Waals surface area contributed by atoms with E-state index in [0.717, 1.165) is 24.5 Å². The van der Waals surface area contributed by atoms with Crippen LogP contribution in [0.2, 0.25) is 0 Å². The molecular formula is C26H25FN2O6. The molecule has 2 fully saturated rings. The summed E-state index contributed by atoms with van der Waals surface area (Å²) in [6.07, 6.45) is 3.47. The summed E-state index contributed by atoms with van der Waals surface area (Å²) >= 11 is 0. The molecule has 0 unspecified atom stereocenters.